The molecular formula is C22H21N3O6. The zero-order valence-electron chi connectivity index (χ0n) is 16.7. The molecule has 0 radical (unpaired) electrons. The molecule has 0 aliphatic carbocycles. The Balaban J connectivity index is 1.46. The number of hydrogen-bond acceptors (Lipinski definition) is 7. The van der Waals surface area contributed by atoms with Crippen LogP contribution >= 0.6 is 0 Å². The highest BCUT2D eigenvalue weighted by Gasteiger charge is 2.32. The van der Waals surface area contributed by atoms with Crippen molar-refractivity contribution in [2.45, 2.75) is 18.7 Å². The number of aliphatic hydroxyl groups excluding tert-OH is 1. The van der Waals surface area contributed by atoms with Crippen LogP contribution < -0.4 is 15.0 Å². The summed E-state index contributed by atoms with van der Waals surface area (Å²) < 4.78 is 11.0. The van der Waals surface area contributed by atoms with Crippen molar-refractivity contribution in [1.82, 2.24) is 10.5 Å². The fourth-order valence-corrected chi connectivity index (χ4v) is 3.39. The molecule has 0 spiro atoms. The molecular weight excluding hydrogens is 402 g/mol. The molecule has 0 bridgehead atoms. The third-order valence-corrected chi connectivity index (χ3v) is 5.09. The van der Waals surface area contributed by atoms with Crippen LogP contribution in [0.4, 0.5) is 5.69 Å². The number of carbonyl (C=O) groups excluding carboxylic acids is 1. The second kappa shape index (κ2) is 8.49. The Morgan fingerprint density at radius 3 is 2.71 bits per heavy atom. The molecule has 2 unspecified atom stereocenters. The molecule has 1 aliphatic rings. The smallest absolute Gasteiger partial charge is 0.335 e. The summed E-state index contributed by atoms with van der Waals surface area (Å²) >= 11 is 0. The topological polar surface area (TPSA) is 125 Å². The molecule has 31 heavy (non-hydrogen) atoms. The molecule has 0 saturated heterocycles. The lowest BCUT2D eigenvalue weighted by Gasteiger charge is -2.29. The Bertz CT molecular complexity index is 1100. The van der Waals surface area contributed by atoms with Crippen molar-refractivity contribution in [3.05, 3.63) is 77.2 Å². The van der Waals surface area contributed by atoms with E-state index in [1.807, 2.05) is 30.3 Å². The summed E-state index contributed by atoms with van der Waals surface area (Å²) in [5.74, 6) is -0.645. The number of aromatic carboxylic acids is 1. The Kier molecular flexibility index (Phi) is 5.59. The average Bonchev–Trinajstić information content (AvgIpc) is 3.20. The van der Waals surface area contributed by atoms with Gasteiger partial charge in [-0.3, -0.25) is 4.79 Å². The van der Waals surface area contributed by atoms with Crippen LogP contribution in [0.5, 0.6) is 5.75 Å². The van der Waals surface area contributed by atoms with Gasteiger partial charge in [0.15, 0.2) is 11.9 Å². The first-order valence-electron chi connectivity index (χ1n) is 9.64. The van der Waals surface area contributed by atoms with E-state index in [0.29, 0.717) is 23.6 Å². The van der Waals surface area contributed by atoms with Gasteiger partial charge in [0, 0.05) is 19.5 Å². The number of amides is 1. The molecule has 2 atom stereocenters. The first-order valence-corrected chi connectivity index (χ1v) is 9.64. The van der Waals surface area contributed by atoms with Crippen LogP contribution in [0.1, 0.15) is 32.2 Å². The Morgan fingerprint density at radius 1 is 1.19 bits per heavy atom. The van der Waals surface area contributed by atoms with E-state index < -0.39 is 24.1 Å². The van der Waals surface area contributed by atoms with Crippen molar-refractivity contribution in [2.24, 2.45) is 0 Å². The van der Waals surface area contributed by atoms with E-state index in [9.17, 15) is 19.8 Å². The molecule has 1 aromatic heterocycles. The summed E-state index contributed by atoms with van der Waals surface area (Å²) in [6, 6.07) is 14.8. The Labute approximate surface area is 177 Å². The van der Waals surface area contributed by atoms with Gasteiger partial charge >= 0.3 is 5.97 Å². The summed E-state index contributed by atoms with van der Waals surface area (Å²) in [4.78, 5) is 25.4. The molecule has 3 N–H and O–H groups in total. The van der Waals surface area contributed by atoms with Crippen LogP contribution in [0.3, 0.4) is 0 Å². The predicted octanol–water partition coefficient (Wildman–Crippen LogP) is 1.91. The molecule has 0 fully saturated rings. The Morgan fingerprint density at radius 2 is 1.97 bits per heavy atom. The van der Waals surface area contributed by atoms with Crippen LogP contribution in [-0.4, -0.2) is 53.2 Å². The van der Waals surface area contributed by atoms with Gasteiger partial charge in [0.2, 0.25) is 0 Å². The third kappa shape index (κ3) is 4.36. The van der Waals surface area contributed by atoms with Gasteiger partial charge in [0.25, 0.3) is 5.91 Å². The second-order valence-electron chi connectivity index (χ2n) is 7.24. The van der Waals surface area contributed by atoms with E-state index in [0.717, 1.165) is 5.56 Å². The number of carboxylic acid groups (broad SMARTS) is 1. The van der Waals surface area contributed by atoms with Gasteiger partial charge in [-0.05, 0) is 23.8 Å². The number of likely N-dealkylation sites (N-methyl/N-ethyl adjacent to an activating group) is 1. The van der Waals surface area contributed by atoms with Crippen LogP contribution in [0.15, 0.2) is 59.1 Å². The van der Waals surface area contributed by atoms with E-state index in [-0.39, 0.29) is 17.9 Å². The fourth-order valence-electron chi connectivity index (χ4n) is 3.39. The van der Waals surface area contributed by atoms with Gasteiger partial charge in [-0.1, -0.05) is 35.5 Å². The number of nitrogens with zero attached hydrogens (tertiary/aromatic N) is 2. The molecule has 1 aliphatic heterocycles. The number of anilines is 1. The van der Waals surface area contributed by atoms with Gasteiger partial charge in [0.05, 0.1) is 11.3 Å². The van der Waals surface area contributed by atoms with Crippen molar-refractivity contribution in [2.75, 3.05) is 18.6 Å². The molecule has 1 amide bonds. The number of carboxylic acids is 1. The van der Waals surface area contributed by atoms with Crippen molar-refractivity contribution in [1.29, 1.82) is 0 Å². The lowest BCUT2D eigenvalue weighted by atomic mass is 10.1. The Hall–Kier alpha value is -3.85. The fraction of sp³-hybridized carbons (Fsp3) is 0.227. The molecule has 9 nitrogen and oxygen atoms in total. The van der Waals surface area contributed by atoms with Gasteiger partial charge in [-0.25, -0.2) is 4.79 Å². The number of aliphatic hydroxyl groups is 1. The third-order valence-electron chi connectivity index (χ3n) is 5.09. The molecule has 9 heteroatoms. The van der Waals surface area contributed by atoms with Crippen LogP contribution in [0, 0.1) is 0 Å². The van der Waals surface area contributed by atoms with Gasteiger partial charge in [0.1, 0.15) is 24.2 Å². The number of hydrogen-bond donors (Lipinski definition) is 3. The number of nitrogens with one attached hydrogen (secondary N) is 1. The summed E-state index contributed by atoms with van der Waals surface area (Å²) in [5.41, 5.74) is 1.60. The van der Waals surface area contributed by atoms with Crippen LogP contribution in [0.25, 0.3) is 0 Å². The van der Waals surface area contributed by atoms with Crippen LogP contribution in [0.2, 0.25) is 0 Å². The SMILES string of the molecule is CN1c2cc(C(=O)O)ccc2OCC(NC(=O)c2cc(Cc3ccccc3)on2)C1O. The first kappa shape index (κ1) is 20.4. The minimum atomic E-state index is -1.15. The normalized spacial score (nSPS) is 17.9. The van der Waals surface area contributed by atoms with Gasteiger partial charge in [-0.2, -0.15) is 0 Å². The summed E-state index contributed by atoms with van der Waals surface area (Å²) in [5, 5.41) is 26.5. The maximum absolute atomic E-state index is 12.7. The summed E-state index contributed by atoms with van der Waals surface area (Å²) in [7, 11) is 1.59. The minimum Gasteiger partial charge on any atom is -0.489 e. The van der Waals surface area contributed by atoms with E-state index in [1.54, 1.807) is 13.1 Å². The highest BCUT2D eigenvalue weighted by Crippen LogP contribution is 2.33. The standard InChI is InChI=1S/C22H21N3O6/c1-25-18-10-14(22(28)29)7-8-19(18)30-12-17(21(25)27)23-20(26)16-11-15(31-24-16)9-13-5-3-2-4-6-13/h2-8,10-11,17,21,27H,9,12H2,1H3,(H,23,26)(H,28,29). The van der Waals surface area contributed by atoms with Gasteiger partial charge < -0.3 is 29.7 Å². The number of rotatable bonds is 5. The van der Waals surface area contributed by atoms with E-state index in [2.05, 4.69) is 10.5 Å². The largest absolute Gasteiger partial charge is 0.489 e. The number of aromatic nitrogens is 1. The van der Waals surface area contributed by atoms with Crippen molar-refractivity contribution < 1.29 is 29.1 Å². The molecule has 160 valence electrons. The second-order valence-corrected chi connectivity index (χ2v) is 7.24. The summed E-state index contributed by atoms with van der Waals surface area (Å²) in [6.45, 7) is -0.00854. The number of ether oxygens (including phenoxy) is 1. The van der Waals surface area contributed by atoms with Crippen molar-refractivity contribution >= 4 is 17.6 Å². The molecule has 3 aromatic rings. The lowest BCUT2D eigenvalue weighted by molar-refractivity contribution is 0.0696. The quantitative estimate of drug-likeness (QED) is 0.568. The zero-order chi connectivity index (χ0) is 22.0. The number of carbonyl (C=O) groups is 2. The summed E-state index contributed by atoms with van der Waals surface area (Å²) in [6.07, 6.45) is -0.648. The monoisotopic (exact) mass is 423 g/mol. The highest BCUT2D eigenvalue weighted by molar-refractivity contribution is 5.92. The number of benzene rings is 2. The van der Waals surface area contributed by atoms with Crippen LogP contribution in [-0.2, 0) is 6.42 Å². The van der Waals surface area contributed by atoms with Crippen molar-refractivity contribution in [3.63, 3.8) is 0 Å². The molecule has 2 aromatic carbocycles. The molecule has 2 heterocycles. The van der Waals surface area contributed by atoms with E-state index in [4.69, 9.17) is 9.26 Å². The number of fused-ring (bicyclic) bond motifs is 1. The average molecular weight is 423 g/mol. The maximum atomic E-state index is 12.7. The zero-order valence-corrected chi connectivity index (χ0v) is 16.7. The lowest BCUT2D eigenvalue weighted by Crippen LogP contribution is -2.52. The first-order chi connectivity index (χ1) is 14.9. The minimum absolute atomic E-state index is 0.00854. The van der Waals surface area contributed by atoms with E-state index in [1.165, 1.54) is 23.1 Å². The molecule has 0 saturated carbocycles. The van der Waals surface area contributed by atoms with Crippen molar-refractivity contribution in [3.8, 4) is 5.75 Å². The van der Waals surface area contributed by atoms with Gasteiger partial charge in [-0.15, -0.1) is 0 Å². The maximum Gasteiger partial charge on any atom is 0.335 e. The predicted molar refractivity (Wildman–Crippen MR) is 110 cm³/mol. The molecule has 4 rings (SSSR count). The van der Waals surface area contributed by atoms with E-state index >= 15 is 0 Å². The highest BCUT2D eigenvalue weighted by atomic mass is 16.5.